The Morgan fingerprint density at radius 2 is 2.16 bits per heavy atom. The second-order valence-corrected chi connectivity index (χ2v) is 6.34. The Hall–Kier alpha value is -1.19. The van der Waals surface area contributed by atoms with Crippen LogP contribution in [0.3, 0.4) is 0 Å². The number of hydrogen-bond donors (Lipinski definition) is 1. The van der Waals surface area contributed by atoms with E-state index >= 15 is 0 Å². The fraction of sp³-hybridized carbons (Fsp3) is 0.333. The van der Waals surface area contributed by atoms with Crippen molar-refractivity contribution >= 4 is 34.3 Å². The van der Waals surface area contributed by atoms with E-state index in [1.807, 2.05) is 12.1 Å². The van der Waals surface area contributed by atoms with E-state index in [1.165, 1.54) is 4.88 Å². The van der Waals surface area contributed by atoms with Crippen LogP contribution in [0.1, 0.15) is 17.4 Å². The summed E-state index contributed by atoms with van der Waals surface area (Å²) in [5, 5.41) is 2.74. The maximum absolute atomic E-state index is 6.13. The Morgan fingerprint density at radius 1 is 1.42 bits per heavy atom. The average Bonchev–Trinajstić information content (AvgIpc) is 2.85. The number of nitrogens with zero attached hydrogens (tertiary/aromatic N) is 1. The molecule has 0 radical (unpaired) electrons. The number of hydrogen-bond acceptors (Lipinski definition) is 3. The molecule has 1 atom stereocenters. The largest absolute Gasteiger partial charge is 0.398 e. The molecule has 0 aliphatic carbocycles. The lowest BCUT2D eigenvalue weighted by Gasteiger charge is -2.28. The molecule has 2 rings (SSSR count). The van der Waals surface area contributed by atoms with Crippen molar-refractivity contribution in [1.82, 2.24) is 0 Å². The molecule has 2 nitrogen and oxygen atoms in total. The Bertz CT molecular complexity index is 552. The van der Waals surface area contributed by atoms with Crippen molar-refractivity contribution in [1.29, 1.82) is 0 Å². The van der Waals surface area contributed by atoms with Crippen LogP contribution in [0.2, 0.25) is 5.02 Å². The van der Waals surface area contributed by atoms with Crippen molar-refractivity contribution in [3.8, 4) is 0 Å². The zero-order chi connectivity index (χ0) is 14.0. The molecule has 0 aliphatic heterocycles. The van der Waals surface area contributed by atoms with Gasteiger partial charge in [-0.2, -0.15) is 0 Å². The molecule has 0 aliphatic rings. The Morgan fingerprint density at radius 3 is 2.79 bits per heavy atom. The maximum Gasteiger partial charge on any atom is 0.0656 e. The van der Waals surface area contributed by atoms with Crippen molar-refractivity contribution in [2.45, 2.75) is 26.3 Å². The number of benzene rings is 1. The van der Waals surface area contributed by atoms with E-state index in [0.717, 1.165) is 17.7 Å². The molecular weight excluding hydrogens is 276 g/mol. The highest BCUT2D eigenvalue weighted by molar-refractivity contribution is 7.09. The molecule has 19 heavy (non-hydrogen) atoms. The van der Waals surface area contributed by atoms with Crippen LogP contribution in [0.25, 0.3) is 0 Å². The quantitative estimate of drug-likeness (QED) is 0.849. The molecule has 0 bridgehead atoms. The summed E-state index contributed by atoms with van der Waals surface area (Å²) in [5.41, 5.74) is 8.76. The van der Waals surface area contributed by atoms with Gasteiger partial charge in [-0.05, 0) is 43.0 Å². The minimum absolute atomic E-state index is 0.414. The number of anilines is 2. The molecule has 0 fully saturated rings. The molecule has 1 unspecified atom stereocenters. The Kier molecular flexibility index (Phi) is 4.38. The number of nitrogens with two attached hydrogens (primary N) is 1. The first-order valence-electron chi connectivity index (χ1n) is 6.30. The summed E-state index contributed by atoms with van der Waals surface area (Å²) >= 11 is 7.93. The van der Waals surface area contributed by atoms with Gasteiger partial charge in [-0.3, -0.25) is 0 Å². The minimum atomic E-state index is 0.414. The lowest BCUT2D eigenvalue weighted by Crippen LogP contribution is -2.31. The summed E-state index contributed by atoms with van der Waals surface area (Å²) in [6.45, 7) is 4.29. The van der Waals surface area contributed by atoms with Gasteiger partial charge in [0, 0.05) is 30.1 Å². The molecule has 2 aromatic rings. The molecule has 0 amide bonds. The Balaban J connectivity index is 2.19. The van der Waals surface area contributed by atoms with Crippen LogP contribution in [-0.4, -0.2) is 13.1 Å². The third kappa shape index (κ3) is 3.23. The number of halogens is 1. The zero-order valence-corrected chi connectivity index (χ0v) is 13.1. The average molecular weight is 295 g/mol. The second kappa shape index (κ2) is 5.85. The van der Waals surface area contributed by atoms with Crippen LogP contribution in [0, 0.1) is 6.92 Å². The van der Waals surface area contributed by atoms with Crippen LogP contribution >= 0.6 is 22.9 Å². The standard InChI is InChI=1S/C15H19ClN2S/c1-10-7-14(17)13(16)9-15(10)18(3)11(2)8-12-5-4-6-19-12/h4-7,9,11H,8,17H2,1-3H3. The number of rotatable bonds is 4. The summed E-state index contributed by atoms with van der Waals surface area (Å²) in [7, 11) is 2.10. The smallest absolute Gasteiger partial charge is 0.0656 e. The predicted octanol–water partition coefficient (Wildman–Crippen LogP) is 4.36. The summed E-state index contributed by atoms with van der Waals surface area (Å²) in [6.07, 6.45) is 1.04. The third-order valence-corrected chi connectivity index (χ3v) is 4.66. The van der Waals surface area contributed by atoms with Crippen molar-refractivity contribution in [2.24, 2.45) is 0 Å². The van der Waals surface area contributed by atoms with Gasteiger partial charge in [-0.25, -0.2) is 0 Å². The van der Waals surface area contributed by atoms with Gasteiger partial charge in [0.2, 0.25) is 0 Å². The number of thiophene rings is 1. The molecule has 4 heteroatoms. The monoisotopic (exact) mass is 294 g/mol. The van der Waals surface area contributed by atoms with Gasteiger partial charge >= 0.3 is 0 Å². The molecular formula is C15H19ClN2S. The first-order chi connectivity index (χ1) is 8.99. The summed E-state index contributed by atoms with van der Waals surface area (Å²) < 4.78 is 0. The molecule has 2 N–H and O–H groups in total. The first kappa shape index (κ1) is 14.2. The number of nitrogen functional groups attached to an aromatic ring is 1. The van der Waals surface area contributed by atoms with Gasteiger partial charge in [0.05, 0.1) is 10.7 Å². The first-order valence-corrected chi connectivity index (χ1v) is 7.55. The third-order valence-electron chi connectivity index (χ3n) is 3.43. The lowest BCUT2D eigenvalue weighted by atomic mass is 10.1. The van der Waals surface area contributed by atoms with Crippen molar-refractivity contribution < 1.29 is 0 Å². The summed E-state index contributed by atoms with van der Waals surface area (Å²) in [5.74, 6) is 0. The molecule has 102 valence electrons. The highest BCUT2D eigenvalue weighted by atomic mass is 35.5. The van der Waals surface area contributed by atoms with E-state index < -0.39 is 0 Å². The number of likely N-dealkylation sites (N-methyl/N-ethyl adjacent to an activating group) is 1. The van der Waals surface area contributed by atoms with Gasteiger partial charge in [0.15, 0.2) is 0 Å². The highest BCUT2D eigenvalue weighted by Crippen LogP contribution is 2.30. The molecule has 0 saturated carbocycles. The van der Waals surface area contributed by atoms with E-state index in [-0.39, 0.29) is 0 Å². The molecule has 0 saturated heterocycles. The van der Waals surface area contributed by atoms with Crippen LogP contribution in [0.4, 0.5) is 11.4 Å². The molecule has 0 spiro atoms. The fourth-order valence-electron chi connectivity index (χ4n) is 2.17. The van der Waals surface area contributed by atoms with Crippen molar-refractivity contribution in [3.63, 3.8) is 0 Å². The number of aryl methyl sites for hydroxylation is 1. The van der Waals surface area contributed by atoms with Gasteiger partial charge in [0.1, 0.15) is 0 Å². The van der Waals surface area contributed by atoms with Gasteiger partial charge < -0.3 is 10.6 Å². The molecule has 1 aromatic heterocycles. The van der Waals surface area contributed by atoms with Crippen LogP contribution in [0.15, 0.2) is 29.6 Å². The lowest BCUT2D eigenvalue weighted by molar-refractivity contribution is 0.687. The van der Waals surface area contributed by atoms with E-state index in [1.54, 1.807) is 11.3 Å². The van der Waals surface area contributed by atoms with Crippen LogP contribution < -0.4 is 10.6 Å². The van der Waals surface area contributed by atoms with Crippen LogP contribution in [0.5, 0.6) is 0 Å². The molecule has 1 aromatic carbocycles. The van der Waals surface area contributed by atoms with Gasteiger partial charge in [-0.15, -0.1) is 11.3 Å². The van der Waals surface area contributed by atoms with Crippen LogP contribution in [-0.2, 0) is 6.42 Å². The van der Waals surface area contributed by atoms with Gasteiger partial charge in [0.25, 0.3) is 0 Å². The summed E-state index contributed by atoms with van der Waals surface area (Å²) in [6, 6.07) is 8.58. The normalized spacial score (nSPS) is 12.4. The molecule has 1 heterocycles. The van der Waals surface area contributed by atoms with Gasteiger partial charge in [-0.1, -0.05) is 17.7 Å². The second-order valence-electron chi connectivity index (χ2n) is 4.90. The summed E-state index contributed by atoms with van der Waals surface area (Å²) in [4.78, 5) is 3.67. The zero-order valence-electron chi connectivity index (χ0n) is 11.5. The predicted molar refractivity (Wildman–Crippen MR) is 86.5 cm³/mol. The maximum atomic E-state index is 6.13. The Labute approximate surface area is 123 Å². The SMILES string of the molecule is Cc1cc(N)c(Cl)cc1N(C)C(C)Cc1cccs1. The minimum Gasteiger partial charge on any atom is -0.398 e. The van der Waals surface area contributed by atoms with E-state index in [4.69, 9.17) is 17.3 Å². The van der Waals surface area contributed by atoms with Crippen molar-refractivity contribution in [3.05, 3.63) is 45.1 Å². The highest BCUT2D eigenvalue weighted by Gasteiger charge is 2.14. The van der Waals surface area contributed by atoms with E-state index in [9.17, 15) is 0 Å². The van der Waals surface area contributed by atoms with E-state index in [2.05, 4.69) is 43.3 Å². The fourth-order valence-corrected chi connectivity index (χ4v) is 3.15. The van der Waals surface area contributed by atoms with Crippen molar-refractivity contribution in [2.75, 3.05) is 17.7 Å². The topological polar surface area (TPSA) is 29.3 Å². The van der Waals surface area contributed by atoms with E-state index in [0.29, 0.717) is 16.8 Å².